The molecule has 0 amide bonds. The van der Waals surface area contributed by atoms with E-state index < -0.39 is 47.0 Å². The van der Waals surface area contributed by atoms with Gasteiger partial charge in [0.25, 0.3) is 0 Å². The Morgan fingerprint density at radius 1 is 0.634 bits per heavy atom. The molecule has 0 spiro atoms. The van der Waals surface area contributed by atoms with Crippen LogP contribution in [0.25, 0.3) is 0 Å². The fourth-order valence-electron chi connectivity index (χ4n) is 3.66. The number of unbranched alkanes of at least 4 members (excludes halogenated alkanes) is 4. The molecular weight excluding hydrogens is 775 g/mol. The maximum absolute atomic E-state index is 15.6. The third-order valence-electron chi connectivity index (χ3n) is 5.57. The van der Waals surface area contributed by atoms with Crippen LogP contribution in [0.1, 0.15) is 49.7 Å². The van der Waals surface area contributed by atoms with Crippen LogP contribution in [0.2, 0.25) is 10.0 Å². The first-order chi connectivity index (χ1) is 19.2. The summed E-state index contributed by atoms with van der Waals surface area (Å²) in [5.74, 6) is -5.77. The average molecular weight is 801 g/mol. The molecule has 0 aliphatic rings. The molecular formula is C26H26Br2Cl2F8OS2. The van der Waals surface area contributed by atoms with Crippen LogP contribution in [0.15, 0.2) is 21.9 Å². The van der Waals surface area contributed by atoms with Crippen molar-refractivity contribution < 1.29 is 39.9 Å². The molecule has 0 aliphatic carbocycles. The lowest BCUT2D eigenvalue weighted by Crippen LogP contribution is -2.11. The summed E-state index contributed by atoms with van der Waals surface area (Å²) in [5.41, 5.74) is -0.168. The monoisotopic (exact) mass is 798 g/mol. The fourth-order valence-corrected chi connectivity index (χ4v) is 6.76. The maximum atomic E-state index is 15.6. The van der Waals surface area contributed by atoms with Gasteiger partial charge in [-0.15, -0.1) is 23.5 Å². The maximum Gasteiger partial charge on any atom is 0.398 e. The molecule has 0 radical (unpaired) electrons. The Morgan fingerprint density at radius 3 is 1.32 bits per heavy atom. The van der Waals surface area contributed by atoms with Gasteiger partial charge in [-0.1, -0.05) is 67.9 Å². The molecule has 0 fully saturated rings. The summed E-state index contributed by atoms with van der Waals surface area (Å²) in [4.78, 5) is -0.237. The molecule has 2 aromatic carbocycles. The molecule has 0 bridgehead atoms. The highest BCUT2D eigenvalue weighted by atomic mass is 79.9. The van der Waals surface area contributed by atoms with Gasteiger partial charge in [0, 0.05) is 31.6 Å². The van der Waals surface area contributed by atoms with E-state index in [1.807, 2.05) is 0 Å². The molecule has 0 aromatic heterocycles. The number of alkyl halides is 8. The minimum atomic E-state index is -4.55. The number of hydrogen-bond donors (Lipinski definition) is 0. The third kappa shape index (κ3) is 12.4. The lowest BCUT2D eigenvalue weighted by molar-refractivity contribution is -0.106. The largest absolute Gasteiger partial charge is 0.451 e. The standard InChI is InChI=1S/C26H26Br2Cl2F8OS2/c27-9-5-1-3-7-15-21(29)19(40-13-25(33,34)35)11-17(23(15)31)39-18-12-20(41-14-26(36,37)38)22(30)16(24(18)32)8-4-2-6-10-28/h11-12H,1-10,13-14H2. The summed E-state index contributed by atoms with van der Waals surface area (Å²) in [6, 6.07) is 1.89. The van der Waals surface area contributed by atoms with E-state index in [1.165, 1.54) is 0 Å². The van der Waals surface area contributed by atoms with Crippen LogP contribution in [0.4, 0.5) is 35.1 Å². The molecule has 15 heteroatoms. The van der Waals surface area contributed by atoms with Gasteiger partial charge in [-0.3, -0.25) is 0 Å². The van der Waals surface area contributed by atoms with Crippen molar-refractivity contribution in [1.82, 2.24) is 0 Å². The Labute approximate surface area is 269 Å². The minimum Gasteiger partial charge on any atom is -0.451 e. The zero-order valence-corrected chi connectivity index (χ0v) is 27.7. The summed E-state index contributed by atoms with van der Waals surface area (Å²) in [6.45, 7) is 0. The molecule has 0 saturated heterocycles. The number of hydrogen-bond acceptors (Lipinski definition) is 3. The molecule has 0 aliphatic heterocycles. The van der Waals surface area contributed by atoms with Crippen molar-refractivity contribution in [1.29, 1.82) is 0 Å². The summed E-state index contributed by atoms with van der Waals surface area (Å²) in [5, 5.41) is 1.02. The topological polar surface area (TPSA) is 9.23 Å². The van der Waals surface area contributed by atoms with E-state index >= 15 is 8.78 Å². The number of thioether (sulfide) groups is 2. The molecule has 41 heavy (non-hydrogen) atoms. The first-order valence-electron chi connectivity index (χ1n) is 12.4. The van der Waals surface area contributed by atoms with Crippen LogP contribution in [0.5, 0.6) is 11.5 Å². The molecule has 0 saturated carbocycles. The SMILES string of the molecule is Fc1c(Oc2cc(SCC(F)(F)F)c(Cl)c(CCCCCBr)c2F)cc(SCC(F)(F)F)c(Cl)c1CCCCCBr. The first kappa shape index (κ1) is 37.1. The molecule has 1 nitrogen and oxygen atoms in total. The van der Waals surface area contributed by atoms with E-state index in [2.05, 4.69) is 31.9 Å². The highest BCUT2D eigenvalue weighted by Gasteiger charge is 2.31. The van der Waals surface area contributed by atoms with E-state index in [0.29, 0.717) is 59.9 Å². The quantitative estimate of drug-likeness (QED) is 0.0724. The summed E-state index contributed by atoms with van der Waals surface area (Å²) < 4.78 is 115. The van der Waals surface area contributed by atoms with Crippen molar-refractivity contribution >= 4 is 78.6 Å². The van der Waals surface area contributed by atoms with Gasteiger partial charge in [0.05, 0.1) is 21.6 Å². The van der Waals surface area contributed by atoms with E-state index in [9.17, 15) is 26.3 Å². The molecule has 0 N–H and O–H groups in total. The van der Waals surface area contributed by atoms with Gasteiger partial charge in [-0.05, 0) is 50.7 Å². The molecule has 232 valence electrons. The van der Waals surface area contributed by atoms with Crippen LogP contribution in [-0.2, 0) is 12.8 Å². The highest BCUT2D eigenvalue weighted by Crippen LogP contribution is 2.44. The Balaban J connectivity index is 2.56. The van der Waals surface area contributed by atoms with E-state index in [-0.39, 0.29) is 43.8 Å². The van der Waals surface area contributed by atoms with Gasteiger partial charge in [-0.25, -0.2) is 8.78 Å². The number of ether oxygens (including phenoxy) is 1. The van der Waals surface area contributed by atoms with Gasteiger partial charge in [0.15, 0.2) is 23.1 Å². The Bertz CT molecular complexity index is 1060. The van der Waals surface area contributed by atoms with Crippen LogP contribution in [-0.4, -0.2) is 34.5 Å². The minimum absolute atomic E-state index is 0.0838. The zero-order valence-electron chi connectivity index (χ0n) is 21.4. The highest BCUT2D eigenvalue weighted by molar-refractivity contribution is 9.09. The van der Waals surface area contributed by atoms with Crippen LogP contribution in [0.3, 0.4) is 0 Å². The second kappa shape index (κ2) is 17.4. The normalized spacial score (nSPS) is 12.3. The molecule has 0 heterocycles. The second-order valence-electron chi connectivity index (χ2n) is 8.87. The lowest BCUT2D eigenvalue weighted by Gasteiger charge is -2.19. The summed E-state index contributed by atoms with van der Waals surface area (Å²) >= 11 is 19.8. The first-order valence-corrected chi connectivity index (χ1v) is 17.4. The molecule has 0 atom stereocenters. The smallest absolute Gasteiger partial charge is 0.398 e. The Kier molecular flexibility index (Phi) is 15.8. The van der Waals surface area contributed by atoms with Crippen molar-refractivity contribution in [3.63, 3.8) is 0 Å². The van der Waals surface area contributed by atoms with Crippen LogP contribution in [0, 0.1) is 11.6 Å². The summed E-state index contributed by atoms with van der Waals surface area (Å²) in [6.07, 6.45) is -5.06. The van der Waals surface area contributed by atoms with E-state index in [4.69, 9.17) is 27.9 Å². The molecule has 0 unspecified atom stereocenters. The Morgan fingerprint density at radius 2 is 1.00 bits per heavy atom. The van der Waals surface area contributed by atoms with Gasteiger partial charge >= 0.3 is 12.4 Å². The predicted octanol–water partition coefficient (Wildman–Crippen LogP) is 12.6. The van der Waals surface area contributed by atoms with Crippen LogP contribution >= 0.6 is 78.6 Å². The number of halogens is 12. The van der Waals surface area contributed by atoms with Gasteiger partial charge < -0.3 is 4.74 Å². The zero-order chi connectivity index (χ0) is 30.8. The lowest BCUT2D eigenvalue weighted by atomic mass is 10.1. The fraction of sp³-hybridized carbons (Fsp3) is 0.538. The van der Waals surface area contributed by atoms with Crippen molar-refractivity contribution in [2.45, 2.75) is 73.5 Å². The van der Waals surface area contributed by atoms with Crippen LogP contribution < -0.4 is 4.74 Å². The number of rotatable bonds is 16. The summed E-state index contributed by atoms with van der Waals surface area (Å²) in [7, 11) is 0. The third-order valence-corrected chi connectivity index (χ3v) is 9.99. The predicted molar refractivity (Wildman–Crippen MR) is 159 cm³/mol. The number of benzene rings is 2. The molecule has 2 aromatic rings. The van der Waals surface area contributed by atoms with E-state index in [0.717, 1.165) is 25.0 Å². The van der Waals surface area contributed by atoms with Gasteiger partial charge in [0.1, 0.15) is 0 Å². The average Bonchev–Trinajstić information content (AvgIpc) is 2.88. The Hall–Kier alpha value is -0.0800. The molecule has 2 rings (SSSR count). The van der Waals surface area contributed by atoms with Crippen molar-refractivity contribution in [3.05, 3.63) is 44.9 Å². The van der Waals surface area contributed by atoms with E-state index in [1.54, 1.807) is 0 Å². The van der Waals surface area contributed by atoms with Crippen molar-refractivity contribution in [3.8, 4) is 11.5 Å². The van der Waals surface area contributed by atoms with Gasteiger partial charge in [0.2, 0.25) is 0 Å². The van der Waals surface area contributed by atoms with Gasteiger partial charge in [-0.2, -0.15) is 26.3 Å². The van der Waals surface area contributed by atoms with Crippen molar-refractivity contribution in [2.24, 2.45) is 0 Å². The van der Waals surface area contributed by atoms with Crippen molar-refractivity contribution in [2.75, 3.05) is 22.2 Å². The second-order valence-corrected chi connectivity index (χ2v) is 13.2.